The summed E-state index contributed by atoms with van der Waals surface area (Å²) in [6, 6.07) is 23.1. The third kappa shape index (κ3) is 5.08. The predicted octanol–water partition coefficient (Wildman–Crippen LogP) is 5.18. The molecule has 0 aliphatic carbocycles. The number of halogens is 1. The molecule has 0 aliphatic heterocycles. The summed E-state index contributed by atoms with van der Waals surface area (Å²) < 4.78 is 37.4. The van der Waals surface area contributed by atoms with Crippen LogP contribution in [0.2, 0.25) is 5.02 Å². The van der Waals surface area contributed by atoms with E-state index in [1.54, 1.807) is 54.6 Å². The molecule has 168 valence electrons. The molecule has 0 saturated carbocycles. The molecule has 1 heterocycles. The summed E-state index contributed by atoms with van der Waals surface area (Å²) in [5, 5.41) is 4.58. The highest BCUT2D eigenvalue weighted by molar-refractivity contribution is 7.92. The highest BCUT2D eigenvalue weighted by Crippen LogP contribution is 2.23. The van der Waals surface area contributed by atoms with E-state index >= 15 is 0 Å². The number of sulfonamides is 1. The van der Waals surface area contributed by atoms with Gasteiger partial charge in [0.1, 0.15) is 5.69 Å². The zero-order valence-electron chi connectivity index (χ0n) is 17.5. The lowest BCUT2D eigenvalue weighted by molar-refractivity contribution is 0.0437. The molecule has 7 nitrogen and oxygen atoms in total. The van der Waals surface area contributed by atoms with Crippen LogP contribution in [0, 0.1) is 0 Å². The number of hydrogen-bond acceptors (Lipinski definition) is 6. The van der Waals surface area contributed by atoms with E-state index in [2.05, 4.69) is 5.16 Å². The molecule has 0 spiro atoms. The molecule has 0 aliphatic rings. The van der Waals surface area contributed by atoms with E-state index in [-0.39, 0.29) is 17.1 Å². The Labute approximate surface area is 196 Å². The fourth-order valence-corrected chi connectivity index (χ4v) is 4.38. The molecule has 33 heavy (non-hydrogen) atoms. The van der Waals surface area contributed by atoms with Crippen molar-refractivity contribution in [1.82, 2.24) is 5.16 Å². The maximum Gasteiger partial charge on any atom is 0.338 e. The summed E-state index contributed by atoms with van der Waals surface area (Å²) in [5.74, 6) is -0.239. The SMILES string of the molecule is CN(c1ccccc1)S(=O)(=O)c1ccc(C(=O)OCc2cc(-c3ccc(Cl)cc3)no2)cc1. The molecule has 0 unspecified atom stereocenters. The Morgan fingerprint density at radius 3 is 2.33 bits per heavy atom. The van der Waals surface area contributed by atoms with Gasteiger partial charge in [-0.3, -0.25) is 4.31 Å². The van der Waals surface area contributed by atoms with E-state index in [1.165, 1.54) is 35.6 Å². The molecule has 0 fully saturated rings. The molecule has 3 aromatic carbocycles. The van der Waals surface area contributed by atoms with Gasteiger partial charge < -0.3 is 9.26 Å². The summed E-state index contributed by atoms with van der Waals surface area (Å²) in [6.45, 7) is -0.115. The second-order valence-electron chi connectivity index (χ2n) is 7.09. The molecular formula is C24H19ClN2O5S. The molecule has 0 atom stereocenters. The van der Waals surface area contributed by atoms with Gasteiger partial charge in [0.25, 0.3) is 10.0 Å². The summed E-state index contributed by atoms with van der Waals surface area (Å²) in [4.78, 5) is 12.5. The van der Waals surface area contributed by atoms with Crippen LogP contribution in [-0.4, -0.2) is 26.6 Å². The number of benzene rings is 3. The van der Waals surface area contributed by atoms with Crippen LogP contribution in [0.4, 0.5) is 5.69 Å². The van der Waals surface area contributed by atoms with Gasteiger partial charge >= 0.3 is 5.97 Å². The van der Waals surface area contributed by atoms with Gasteiger partial charge in [0, 0.05) is 23.7 Å². The molecule has 9 heteroatoms. The van der Waals surface area contributed by atoms with E-state index in [0.29, 0.717) is 22.2 Å². The lowest BCUT2D eigenvalue weighted by atomic mass is 10.1. The van der Waals surface area contributed by atoms with Crippen molar-refractivity contribution in [3.05, 3.63) is 101 Å². The normalized spacial score (nSPS) is 11.2. The first-order valence-corrected chi connectivity index (χ1v) is 11.7. The third-order valence-corrected chi connectivity index (χ3v) is 6.96. The van der Waals surface area contributed by atoms with Crippen LogP contribution in [0.25, 0.3) is 11.3 Å². The van der Waals surface area contributed by atoms with Crippen molar-refractivity contribution < 1.29 is 22.5 Å². The standard InChI is InChI=1S/C24H19ClN2O5S/c1-27(20-5-3-2-4-6-20)33(29,30)22-13-9-18(10-14-22)24(28)31-16-21-15-23(26-32-21)17-7-11-19(25)12-8-17/h2-15H,16H2,1H3. The van der Waals surface area contributed by atoms with Crippen molar-refractivity contribution in [2.45, 2.75) is 11.5 Å². The summed E-state index contributed by atoms with van der Waals surface area (Å²) in [5.41, 5.74) is 2.16. The molecule has 0 saturated heterocycles. The zero-order valence-corrected chi connectivity index (χ0v) is 19.1. The number of para-hydroxylation sites is 1. The van der Waals surface area contributed by atoms with Crippen LogP contribution in [0.5, 0.6) is 0 Å². The Morgan fingerprint density at radius 2 is 1.67 bits per heavy atom. The largest absolute Gasteiger partial charge is 0.454 e. The lowest BCUT2D eigenvalue weighted by Crippen LogP contribution is -2.26. The van der Waals surface area contributed by atoms with E-state index < -0.39 is 16.0 Å². The highest BCUT2D eigenvalue weighted by Gasteiger charge is 2.22. The Bertz CT molecular complexity index is 1350. The number of ether oxygens (including phenoxy) is 1. The second-order valence-corrected chi connectivity index (χ2v) is 9.50. The van der Waals surface area contributed by atoms with Gasteiger partial charge in [-0.15, -0.1) is 0 Å². The van der Waals surface area contributed by atoms with Crippen LogP contribution in [-0.2, 0) is 21.4 Å². The maximum atomic E-state index is 12.8. The quantitative estimate of drug-likeness (QED) is 0.337. The minimum atomic E-state index is -3.77. The highest BCUT2D eigenvalue weighted by atomic mass is 35.5. The molecule has 1 aromatic heterocycles. The van der Waals surface area contributed by atoms with Crippen molar-refractivity contribution in [2.24, 2.45) is 0 Å². The molecule has 4 aromatic rings. The first-order valence-electron chi connectivity index (χ1n) is 9.87. The Morgan fingerprint density at radius 1 is 1.00 bits per heavy atom. The van der Waals surface area contributed by atoms with Gasteiger partial charge in [-0.05, 0) is 48.5 Å². The van der Waals surface area contributed by atoms with Gasteiger partial charge in [-0.25, -0.2) is 13.2 Å². The van der Waals surface area contributed by atoms with Gasteiger partial charge in [0.05, 0.1) is 16.1 Å². The summed E-state index contributed by atoms with van der Waals surface area (Å²) in [7, 11) is -2.29. The first kappa shape index (κ1) is 22.6. The molecule has 0 bridgehead atoms. The molecule has 4 rings (SSSR count). The van der Waals surface area contributed by atoms with E-state index in [1.807, 2.05) is 6.07 Å². The third-order valence-electron chi connectivity index (χ3n) is 4.91. The van der Waals surface area contributed by atoms with Gasteiger partial charge in [-0.1, -0.05) is 47.1 Å². The van der Waals surface area contributed by atoms with Crippen molar-refractivity contribution in [3.63, 3.8) is 0 Å². The van der Waals surface area contributed by atoms with E-state index in [9.17, 15) is 13.2 Å². The smallest absolute Gasteiger partial charge is 0.338 e. The topological polar surface area (TPSA) is 89.7 Å². The lowest BCUT2D eigenvalue weighted by Gasteiger charge is -2.19. The van der Waals surface area contributed by atoms with Crippen LogP contribution in [0.15, 0.2) is 94.3 Å². The predicted molar refractivity (Wildman–Crippen MR) is 125 cm³/mol. The number of carbonyl (C=O) groups is 1. The first-order chi connectivity index (χ1) is 15.8. The van der Waals surface area contributed by atoms with Crippen LogP contribution in [0.3, 0.4) is 0 Å². The van der Waals surface area contributed by atoms with E-state index in [0.717, 1.165) is 5.56 Å². The number of carbonyl (C=O) groups excluding carboxylic acids is 1. The minimum Gasteiger partial charge on any atom is -0.454 e. The molecule has 0 N–H and O–H groups in total. The number of hydrogen-bond donors (Lipinski definition) is 0. The number of esters is 1. The van der Waals surface area contributed by atoms with Crippen LogP contribution >= 0.6 is 11.6 Å². The van der Waals surface area contributed by atoms with Crippen LogP contribution in [0.1, 0.15) is 16.1 Å². The van der Waals surface area contributed by atoms with Crippen molar-refractivity contribution in [3.8, 4) is 11.3 Å². The van der Waals surface area contributed by atoms with Gasteiger partial charge in [-0.2, -0.15) is 0 Å². The number of rotatable bonds is 7. The number of nitrogens with zero attached hydrogens (tertiary/aromatic N) is 2. The second kappa shape index (κ2) is 9.48. The summed E-state index contributed by atoms with van der Waals surface area (Å²) in [6.07, 6.45) is 0. The summed E-state index contributed by atoms with van der Waals surface area (Å²) >= 11 is 5.89. The Kier molecular flexibility index (Phi) is 6.48. The fourth-order valence-electron chi connectivity index (χ4n) is 3.06. The fraction of sp³-hybridized carbons (Fsp3) is 0.0833. The van der Waals surface area contributed by atoms with E-state index in [4.69, 9.17) is 20.9 Å². The maximum absolute atomic E-state index is 12.8. The van der Waals surface area contributed by atoms with Crippen LogP contribution < -0.4 is 4.31 Å². The molecular weight excluding hydrogens is 464 g/mol. The van der Waals surface area contributed by atoms with Gasteiger partial charge in [0.15, 0.2) is 12.4 Å². The molecule has 0 radical (unpaired) electrons. The monoisotopic (exact) mass is 482 g/mol. The molecule has 0 amide bonds. The van der Waals surface area contributed by atoms with Crippen molar-refractivity contribution in [1.29, 1.82) is 0 Å². The Balaban J connectivity index is 1.40. The number of anilines is 1. The minimum absolute atomic E-state index is 0.0632. The average molecular weight is 483 g/mol. The van der Waals surface area contributed by atoms with Gasteiger partial charge in [0.2, 0.25) is 0 Å². The average Bonchev–Trinajstić information content (AvgIpc) is 3.32. The Hall–Kier alpha value is -3.62. The van der Waals surface area contributed by atoms with Crippen molar-refractivity contribution >= 4 is 33.3 Å². The van der Waals surface area contributed by atoms with Crippen molar-refractivity contribution in [2.75, 3.05) is 11.4 Å². The number of aromatic nitrogens is 1. The zero-order chi connectivity index (χ0) is 23.4.